The number of nitrogens with zero attached hydrogens (tertiary/aromatic N) is 1. The molecule has 14 heteroatoms. The minimum Gasteiger partial charge on any atom is -0.339 e. The normalized spacial score (nSPS) is 12.4. The van der Waals surface area contributed by atoms with Crippen molar-refractivity contribution in [2.75, 3.05) is 33.0 Å². The number of phosphoric acid groups is 2. The van der Waals surface area contributed by atoms with Crippen LogP contribution in [0.15, 0.2) is 12.7 Å². The van der Waals surface area contributed by atoms with Crippen molar-refractivity contribution in [3.05, 3.63) is 12.7 Å². The lowest BCUT2D eigenvalue weighted by molar-refractivity contribution is -0.117. The summed E-state index contributed by atoms with van der Waals surface area (Å²) in [5.74, 6) is -0.478. The molecular weight excluding hydrogens is 344 g/mol. The van der Waals surface area contributed by atoms with E-state index >= 15 is 0 Å². The molecule has 0 aliphatic rings. The van der Waals surface area contributed by atoms with Crippen LogP contribution in [0.1, 0.15) is 0 Å². The number of carbonyl (C=O) groups is 1. The predicted octanol–water partition coefficient (Wildman–Crippen LogP) is -1.73. The van der Waals surface area contributed by atoms with Gasteiger partial charge in [-0.05, 0) is 6.08 Å². The molecule has 0 radical (unpaired) electrons. The largest absolute Gasteiger partial charge is 0.469 e. The first-order valence-electron chi connectivity index (χ1n) is 5.82. The Morgan fingerprint density at radius 1 is 1.14 bits per heavy atom. The molecule has 22 heavy (non-hydrogen) atoms. The Balaban J connectivity index is 4.20. The molecular formula is C8H19N3O9P2. The van der Waals surface area contributed by atoms with Crippen LogP contribution in [0.2, 0.25) is 0 Å². The van der Waals surface area contributed by atoms with Crippen LogP contribution in [0.4, 0.5) is 0 Å². The van der Waals surface area contributed by atoms with Gasteiger partial charge in [0.25, 0.3) is 0 Å². The number of phosphoric ester groups is 2. The van der Waals surface area contributed by atoms with Gasteiger partial charge in [-0.2, -0.15) is 0 Å². The third kappa shape index (κ3) is 14.3. The zero-order chi connectivity index (χ0) is 17.2. The number of hydrogen-bond acceptors (Lipinski definition) is 7. The van der Waals surface area contributed by atoms with Crippen molar-refractivity contribution < 1.29 is 42.5 Å². The van der Waals surface area contributed by atoms with Crippen molar-refractivity contribution in [1.29, 1.82) is 0 Å². The second kappa shape index (κ2) is 10.2. The first kappa shape index (κ1) is 21.4. The predicted molar refractivity (Wildman–Crippen MR) is 73.9 cm³/mol. The SMILES string of the molecule is C=CC(=O)NCN(CCOP(=O)(O)O)NCCOP(=O)(O)O. The van der Waals surface area contributed by atoms with Crippen LogP contribution in [0.3, 0.4) is 0 Å². The zero-order valence-electron chi connectivity index (χ0n) is 11.5. The summed E-state index contributed by atoms with van der Waals surface area (Å²) in [4.78, 5) is 45.1. The van der Waals surface area contributed by atoms with E-state index < -0.39 is 21.6 Å². The quantitative estimate of drug-likeness (QED) is 0.0763. The van der Waals surface area contributed by atoms with Crippen LogP contribution in [0.5, 0.6) is 0 Å². The summed E-state index contributed by atoms with van der Waals surface area (Å²) in [7, 11) is -9.18. The van der Waals surface area contributed by atoms with E-state index in [1.807, 2.05) is 0 Å². The average molecular weight is 363 g/mol. The maximum atomic E-state index is 11.0. The number of hydrazine groups is 1. The Hall–Kier alpha value is -0.650. The van der Waals surface area contributed by atoms with Gasteiger partial charge in [-0.3, -0.25) is 19.3 Å². The van der Waals surface area contributed by atoms with E-state index in [0.29, 0.717) is 0 Å². The molecule has 1 amide bonds. The number of nitrogens with one attached hydrogen (secondary N) is 2. The van der Waals surface area contributed by atoms with Gasteiger partial charge in [-0.25, -0.2) is 14.1 Å². The average Bonchev–Trinajstić information content (AvgIpc) is 2.37. The van der Waals surface area contributed by atoms with E-state index in [2.05, 4.69) is 26.4 Å². The minimum atomic E-state index is -4.61. The van der Waals surface area contributed by atoms with E-state index in [1.165, 1.54) is 5.01 Å². The van der Waals surface area contributed by atoms with Gasteiger partial charge >= 0.3 is 15.6 Å². The maximum Gasteiger partial charge on any atom is 0.469 e. The number of amides is 1. The second-order valence-electron chi connectivity index (χ2n) is 3.72. The number of carbonyl (C=O) groups excluding carboxylic acids is 1. The molecule has 0 spiro atoms. The number of rotatable bonds is 12. The van der Waals surface area contributed by atoms with Gasteiger partial charge in [0, 0.05) is 13.1 Å². The molecule has 0 rings (SSSR count). The summed E-state index contributed by atoms with van der Waals surface area (Å²) in [6, 6.07) is 0. The third-order valence-electron chi connectivity index (χ3n) is 1.95. The van der Waals surface area contributed by atoms with E-state index in [1.54, 1.807) is 0 Å². The van der Waals surface area contributed by atoms with Crippen molar-refractivity contribution >= 4 is 21.6 Å². The summed E-state index contributed by atoms with van der Waals surface area (Å²) < 4.78 is 29.5. The molecule has 12 nitrogen and oxygen atoms in total. The molecule has 0 aliphatic carbocycles. The molecule has 0 aromatic rings. The van der Waals surface area contributed by atoms with Crippen LogP contribution in [0.25, 0.3) is 0 Å². The van der Waals surface area contributed by atoms with Crippen molar-refractivity contribution in [3.8, 4) is 0 Å². The lowest BCUT2D eigenvalue weighted by Crippen LogP contribution is -2.47. The van der Waals surface area contributed by atoms with Crippen molar-refractivity contribution in [3.63, 3.8) is 0 Å². The monoisotopic (exact) mass is 363 g/mol. The summed E-state index contributed by atoms with van der Waals surface area (Å²) in [6.45, 7) is 2.46. The molecule has 0 atom stereocenters. The van der Waals surface area contributed by atoms with Gasteiger partial charge in [0.2, 0.25) is 5.91 Å². The van der Waals surface area contributed by atoms with E-state index in [0.717, 1.165) is 6.08 Å². The van der Waals surface area contributed by atoms with Gasteiger partial charge in [0.05, 0.1) is 19.9 Å². The molecule has 0 unspecified atom stereocenters. The highest BCUT2D eigenvalue weighted by atomic mass is 31.2. The molecule has 0 aliphatic heterocycles. The van der Waals surface area contributed by atoms with E-state index in [4.69, 9.17) is 19.6 Å². The van der Waals surface area contributed by atoms with E-state index in [-0.39, 0.29) is 33.0 Å². The molecule has 0 heterocycles. The number of hydrogen-bond donors (Lipinski definition) is 6. The smallest absolute Gasteiger partial charge is 0.339 e. The Labute approximate surface area is 126 Å². The van der Waals surface area contributed by atoms with Crippen LogP contribution < -0.4 is 10.7 Å². The fourth-order valence-corrected chi connectivity index (χ4v) is 1.75. The van der Waals surface area contributed by atoms with E-state index in [9.17, 15) is 13.9 Å². The summed E-state index contributed by atoms with van der Waals surface area (Å²) in [6.07, 6.45) is 1.03. The molecule has 0 bridgehead atoms. The fraction of sp³-hybridized carbons (Fsp3) is 0.625. The Morgan fingerprint density at radius 3 is 2.18 bits per heavy atom. The highest BCUT2D eigenvalue weighted by Gasteiger charge is 2.16. The van der Waals surface area contributed by atoms with Gasteiger partial charge < -0.3 is 24.9 Å². The summed E-state index contributed by atoms with van der Waals surface area (Å²) in [5, 5.41) is 3.71. The molecule has 0 aromatic heterocycles. The standard InChI is InChI=1S/C8H19N3O9P2/c1-2-8(12)9-7-11(4-6-20-22(16,17)18)10-3-5-19-21(13,14)15/h2,10H,1,3-7H2,(H,9,12)(H2,13,14,15)(H2,16,17,18). The third-order valence-corrected chi connectivity index (χ3v) is 2.98. The lowest BCUT2D eigenvalue weighted by atomic mass is 10.6. The molecule has 0 saturated heterocycles. The van der Waals surface area contributed by atoms with Crippen LogP contribution >= 0.6 is 15.6 Å². The van der Waals surface area contributed by atoms with Gasteiger partial charge in [-0.1, -0.05) is 6.58 Å². The Morgan fingerprint density at radius 2 is 1.68 bits per heavy atom. The fourth-order valence-electron chi connectivity index (χ4n) is 1.10. The van der Waals surface area contributed by atoms with Gasteiger partial charge in [-0.15, -0.1) is 0 Å². The summed E-state index contributed by atoms with van der Waals surface area (Å²) >= 11 is 0. The topological polar surface area (TPSA) is 178 Å². The lowest BCUT2D eigenvalue weighted by Gasteiger charge is -2.23. The highest BCUT2D eigenvalue weighted by Crippen LogP contribution is 2.35. The zero-order valence-corrected chi connectivity index (χ0v) is 13.3. The minimum absolute atomic E-state index is 0.0228. The highest BCUT2D eigenvalue weighted by molar-refractivity contribution is 7.46. The van der Waals surface area contributed by atoms with Crippen LogP contribution in [-0.4, -0.2) is 63.5 Å². The molecule has 0 saturated carbocycles. The maximum absolute atomic E-state index is 11.0. The molecule has 0 aromatic carbocycles. The molecule has 130 valence electrons. The summed E-state index contributed by atoms with van der Waals surface area (Å²) in [5.41, 5.74) is 2.64. The van der Waals surface area contributed by atoms with Gasteiger partial charge in [0.1, 0.15) is 0 Å². The Bertz CT molecular complexity index is 448. The first-order valence-corrected chi connectivity index (χ1v) is 8.88. The van der Waals surface area contributed by atoms with Crippen molar-refractivity contribution in [2.24, 2.45) is 0 Å². The molecule has 0 fully saturated rings. The van der Waals surface area contributed by atoms with Crippen LogP contribution in [0, 0.1) is 0 Å². The first-order chi connectivity index (χ1) is 10.0. The van der Waals surface area contributed by atoms with Gasteiger partial charge in [0.15, 0.2) is 0 Å². The van der Waals surface area contributed by atoms with Crippen LogP contribution in [-0.2, 0) is 23.0 Å². The molecule has 6 N–H and O–H groups in total. The van der Waals surface area contributed by atoms with Crippen molar-refractivity contribution in [1.82, 2.24) is 15.8 Å². The Kier molecular flexibility index (Phi) is 9.89. The van der Waals surface area contributed by atoms with Crippen molar-refractivity contribution in [2.45, 2.75) is 0 Å². The second-order valence-corrected chi connectivity index (χ2v) is 6.20.